The Morgan fingerprint density at radius 3 is 2.62 bits per heavy atom. The van der Waals surface area contributed by atoms with Crippen molar-refractivity contribution in [2.24, 2.45) is 0 Å². The number of ether oxygens (including phenoxy) is 2. The van der Waals surface area contributed by atoms with Crippen LogP contribution in [-0.4, -0.2) is 17.9 Å². The van der Waals surface area contributed by atoms with E-state index in [4.69, 9.17) is 14.6 Å². The molecule has 0 unspecified atom stereocenters. The Labute approximate surface area is 122 Å². The molecule has 1 aliphatic rings. The van der Waals surface area contributed by atoms with E-state index in [-0.39, 0.29) is 19.1 Å². The molecular weight excluding hydrogens is 268 g/mol. The summed E-state index contributed by atoms with van der Waals surface area (Å²) in [6.07, 6.45) is 0.779. The normalized spacial score (nSPS) is 13.9. The second kappa shape index (κ2) is 5.87. The summed E-state index contributed by atoms with van der Waals surface area (Å²) in [4.78, 5) is 11.2. The highest BCUT2D eigenvalue weighted by atomic mass is 16.7. The van der Waals surface area contributed by atoms with Gasteiger partial charge >= 0.3 is 5.97 Å². The van der Waals surface area contributed by atoms with Crippen molar-refractivity contribution in [1.29, 1.82) is 0 Å². The van der Waals surface area contributed by atoms with Crippen LogP contribution in [0, 0.1) is 0 Å². The minimum absolute atomic E-state index is 0.0839. The second-order valence-corrected chi connectivity index (χ2v) is 5.10. The molecule has 1 N–H and O–H groups in total. The van der Waals surface area contributed by atoms with Crippen molar-refractivity contribution in [3.8, 4) is 11.5 Å². The van der Waals surface area contributed by atoms with E-state index in [9.17, 15) is 4.79 Å². The molecule has 21 heavy (non-hydrogen) atoms. The van der Waals surface area contributed by atoms with Gasteiger partial charge in [0.05, 0.1) is 6.42 Å². The van der Waals surface area contributed by atoms with Crippen LogP contribution >= 0.6 is 0 Å². The van der Waals surface area contributed by atoms with Crippen LogP contribution in [0.4, 0.5) is 0 Å². The molecule has 0 bridgehead atoms. The van der Waals surface area contributed by atoms with Crippen LogP contribution in [0.5, 0.6) is 11.5 Å². The molecule has 0 aromatic heterocycles. The van der Waals surface area contributed by atoms with Gasteiger partial charge in [-0.3, -0.25) is 4.79 Å². The fraction of sp³-hybridized carbons (Fsp3) is 0.235. The van der Waals surface area contributed by atoms with Crippen molar-refractivity contribution >= 4 is 5.97 Å². The lowest BCUT2D eigenvalue weighted by molar-refractivity contribution is -0.137. The zero-order valence-corrected chi connectivity index (χ0v) is 11.5. The molecule has 4 heteroatoms. The third-order valence-corrected chi connectivity index (χ3v) is 3.61. The van der Waals surface area contributed by atoms with E-state index in [2.05, 4.69) is 0 Å². The van der Waals surface area contributed by atoms with Gasteiger partial charge in [-0.2, -0.15) is 0 Å². The first-order chi connectivity index (χ1) is 10.2. The van der Waals surface area contributed by atoms with Crippen molar-refractivity contribution < 1.29 is 19.4 Å². The maximum absolute atomic E-state index is 11.2. The van der Waals surface area contributed by atoms with E-state index in [1.807, 2.05) is 48.5 Å². The lowest BCUT2D eigenvalue weighted by Gasteiger charge is -2.16. The highest BCUT2D eigenvalue weighted by Crippen LogP contribution is 2.36. The first-order valence-electron chi connectivity index (χ1n) is 6.87. The first-order valence-corrected chi connectivity index (χ1v) is 6.87. The van der Waals surface area contributed by atoms with Crippen molar-refractivity contribution in [1.82, 2.24) is 0 Å². The standard InChI is InChI=1S/C17H16O4/c18-17(19)10-14(8-12-4-2-1-3-5-12)13-6-7-15-16(9-13)21-11-20-15/h1-7,9,14H,8,10-11H2,(H,18,19)/t14-/m0/s1. The molecule has 0 saturated carbocycles. The van der Waals surface area contributed by atoms with Crippen LogP contribution in [0.3, 0.4) is 0 Å². The molecule has 0 fully saturated rings. The number of carboxylic acid groups (broad SMARTS) is 1. The Kier molecular flexibility index (Phi) is 3.77. The van der Waals surface area contributed by atoms with Gasteiger partial charge in [0.2, 0.25) is 6.79 Å². The Bertz CT molecular complexity index is 636. The predicted molar refractivity (Wildman–Crippen MR) is 77.7 cm³/mol. The van der Waals surface area contributed by atoms with Crippen LogP contribution in [0.2, 0.25) is 0 Å². The summed E-state index contributed by atoms with van der Waals surface area (Å²) in [5.74, 6) is 0.525. The molecule has 0 aliphatic carbocycles. The Hall–Kier alpha value is -2.49. The average Bonchev–Trinajstić information content (AvgIpc) is 2.94. The van der Waals surface area contributed by atoms with Gasteiger partial charge in [-0.15, -0.1) is 0 Å². The predicted octanol–water partition coefficient (Wildman–Crippen LogP) is 3.22. The van der Waals surface area contributed by atoms with Crippen LogP contribution < -0.4 is 9.47 Å². The van der Waals surface area contributed by atoms with Crippen molar-refractivity contribution in [3.63, 3.8) is 0 Å². The van der Waals surface area contributed by atoms with E-state index in [0.717, 1.165) is 11.1 Å². The van der Waals surface area contributed by atoms with Crippen LogP contribution in [0.1, 0.15) is 23.5 Å². The van der Waals surface area contributed by atoms with Gasteiger partial charge in [-0.05, 0) is 35.6 Å². The summed E-state index contributed by atoms with van der Waals surface area (Å²) < 4.78 is 10.7. The van der Waals surface area contributed by atoms with E-state index >= 15 is 0 Å². The van der Waals surface area contributed by atoms with Gasteiger partial charge in [0, 0.05) is 0 Å². The van der Waals surface area contributed by atoms with Gasteiger partial charge in [0.1, 0.15) is 0 Å². The summed E-state index contributed by atoms with van der Waals surface area (Å²) in [5.41, 5.74) is 2.09. The van der Waals surface area contributed by atoms with E-state index < -0.39 is 5.97 Å². The number of hydrogen-bond donors (Lipinski definition) is 1. The molecule has 1 aliphatic heterocycles. The number of carboxylic acids is 1. The number of carbonyl (C=O) groups is 1. The maximum Gasteiger partial charge on any atom is 0.303 e. The highest BCUT2D eigenvalue weighted by molar-refractivity contribution is 5.68. The molecular formula is C17H16O4. The van der Waals surface area contributed by atoms with Crippen LogP contribution in [0.15, 0.2) is 48.5 Å². The molecule has 1 atom stereocenters. The molecule has 1 heterocycles. The van der Waals surface area contributed by atoms with E-state index in [1.165, 1.54) is 0 Å². The van der Waals surface area contributed by atoms with Gasteiger partial charge in [-0.25, -0.2) is 0 Å². The third kappa shape index (κ3) is 3.16. The number of aliphatic carboxylic acids is 1. The summed E-state index contributed by atoms with van der Waals surface area (Å²) in [6, 6.07) is 15.6. The molecule has 2 aromatic carbocycles. The monoisotopic (exact) mass is 284 g/mol. The zero-order chi connectivity index (χ0) is 14.7. The van der Waals surface area contributed by atoms with Crippen molar-refractivity contribution in [3.05, 3.63) is 59.7 Å². The Morgan fingerprint density at radius 2 is 1.86 bits per heavy atom. The first kappa shape index (κ1) is 13.5. The quantitative estimate of drug-likeness (QED) is 0.916. The molecule has 3 rings (SSSR count). The molecule has 4 nitrogen and oxygen atoms in total. The minimum Gasteiger partial charge on any atom is -0.481 e. The minimum atomic E-state index is -0.798. The molecule has 0 saturated heterocycles. The number of hydrogen-bond acceptors (Lipinski definition) is 3. The summed E-state index contributed by atoms with van der Waals surface area (Å²) >= 11 is 0. The zero-order valence-electron chi connectivity index (χ0n) is 11.5. The Balaban J connectivity index is 1.86. The molecule has 108 valence electrons. The van der Waals surface area contributed by atoms with E-state index in [0.29, 0.717) is 17.9 Å². The van der Waals surface area contributed by atoms with Crippen molar-refractivity contribution in [2.75, 3.05) is 6.79 Å². The summed E-state index contributed by atoms with van der Waals surface area (Å²) in [6.45, 7) is 0.223. The summed E-state index contributed by atoms with van der Waals surface area (Å²) in [7, 11) is 0. The SMILES string of the molecule is O=C(O)C[C@H](Cc1ccccc1)c1ccc2c(c1)OCO2. The molecule has 0 amide bonds. The molecule has 0 spiro atoms. The van der Waals surface area contributed by atoms with Crippen LogP contribution in [-0.2, 0) is 11.2 Å². The molecule has 2 aromatic rings. The fourth-order valence-electron chi connectivity index (χ4n) is 2.58. The third-order valence-electron chi connectivity index (χ3n) is 3.61. The van der Waals surface area contributed by atoms with Gasteiger partial charge in [0.25, 0.3) is 0 Å². The van der Waals surface area contributed by atoms with Gasteiger partial charge < -0.3 is 14.6 Å². The summed E-state index contributed by atoms with van der Waals surface area (Å²) in [5, 5.41) is 9.16. The lowest BCUT2D eigenvalue weighted by Crippen LogP contribution is -2.09. The maximum atomic E-state index is 11.2. The number of benzene rings is 2. The van der Waals surface area contributed by atoms with Gasteiger partial charge in [-0.1, -0.05) is 36.4 Å². The topological polar surface area (TPSA) is 55.8 Å². The smallest absolute Gasteiger partial charge is 0.303 e. The molecule has 0 radical (unpaired) electrons. The fourth-order valence-corrected chi connectivity index (χ4v) is 2.58. The van der Waals surface area contributed by atoms with E-state index in [1.54, 1.807) is 0 Å². The van der Waals surface area contributed by atoms with Crippen LogP contribution in [0.25, 0.3) is 0 Å². The Morgan fingerprint density at radius 1 is 1.10 bits per heavy atom. The lowest BCUT2D eigenvalue weighted by atomic mass is 9.89. The number of fused-ring (bicyclic) bond motifs is 1. The largest absolute Gasteiger partial charge is 0.481 e. The highest BCUT2D eigenvalue weighted by Gasteiger charge is 2.20. The van der Waals surface area contributed by atoms with Gasteiger partial charge in [0.15, 0.2) is 11.5 Å². The average molecular weight is 284 g/mol. The van der Waals surface area contributed by atoms with Crippen molar-refractivity contribution in [2.45, 2.75) is 18.8 Å². The second-order valence-electron chi connectivity index (χ2n) is 5.10. The number of rotatable bonds is 5.